The highest BCUT2D eigenvalue weighted by Gasteiger charge is 2.44. The van der Waals surface area contributed by atoms with Crippen LogP contribution in [0.2, 0.25) is 0 Å². The molecule has 1 N–H and O–H groups in total. The van der Waals surface area contributed by atoms with Crippen LogP contribution in [-0.4, -0.2) is 35.2 Å². The fraction of sp³-hybridized carbons (Fsp3) is 0.440. The number of likely N-dealkylation sites (tertiary alicyclic amines) is 1. The third kappa shape index (κ3) is 3.47. The minimum Gasteiger partial charge on any atom is -0.459 e. The molecule has 0 unspecified atom stereocenters. The van der Waals surface area contributed by atoms with Crippen molar-refractivity contribution in [3.8, 4) is 0 Å². The van der Waals surface area contributed by atoms with Crippen molar-refractivity contribution in [2.75, 3.05) is 13.1 Å². The van der Waals surface area contributed by atoms with Gasteiger partial charge >= 0.3 is 0 Å². The van der Waals surface area contributed by atoms with E-state index in [2.05, 4.69) is 51.2 Å². The molecule has 5 nitrogen and oxygen atoms in total. The first-order chi connectivity index (χ1) is 14.2. The fourth-order valence-electron chi connectivity index (χ4n) is 4.46. The summed E-state index contributed by atoms with van der Waals surface area (Å²) in [5.41, 5.74) is 3.00. The Balaban J connectivity index is 1.50. The van der Waals surface area contributed by atoms with Crippen LogP contribution < -0.4 is 5.32 Å². The molecule has 0 spiro atoms. The van der Waals surface area contributed by atoms with E-state index in [9.17, 15) is 9.59 Å². The Morgan fingerprint density at radius 1 is 1.07 bits per heavy atom. The standard InChI is InChI=1S/C25H30N2O3/c1-24(2)19-9-6-5-8-18(19)20(26-25(24,3)4)16-21(28)17-11-13-27(14-12-17)23(29)22-10-7-15-30-22/h5-10,15-17,26H,11-14H2,1-4H3/b20-16+. The average Bonchev–Trinajstić information content (AvgIpc) is 3.26. The maximum absolute atomic E-state index is 13.1. The number of nitrogens with zero attached hydrogens (tertiary/aromatic N) is 1. The summed E-state index contributed by atoms with van der Waals surface area (Å²) in [4.78, 5) is 27.3. The highest BCUT2D eigenvalue weighted by Crippen LogP contribution is 2.43. The van der Waals surface area contributed by atoms with Crippen molar-refractivity contribution in [2.45, 2.75) is 51.5 Å². The number of allylic oxidation sites excluding steroid dienone is 1. The lowest BCUT2D eigenvalue weighted by atomic mass is 9.65. The van der Waals surface area contributed by atoms with Gasteiger partial charge in [0, 0.05) is 47.3 Å². The van der Waals surface area contributed by atoms with Crippen molar-refractivity contribution in [2.24, 2.45) is 5.92 Å². The number of nitrogens with one attached hydrogen (secondary N) is 1. The molecule has 30 heavy (non-hydrogen) atoms. The Bertz CT molecular complexity index is 978. The van der Waals surface area contributed by atoms with Crippen LogP contribution in [0.15, 0.2) is 53.2 Å². The smallest absolute Gasteiger partial charge is 0.289 e. The predicted molar refractivity (Wildman–Crippen MR) is 117 cm³/mol. The first-order valence-corrected chi connectivity index (χ1v) is 10.7. The number of furan rings is 1. The predicted octanol–water partition coefficient (Wildman–Crippen LogP) is 4.40. The molecule has 0 saturated carbocycles. The number of carbonyl (C=O) groups is 2. The zero-order valence-corrected chi connectivity index (χ0v) is 18.2. The second-order valence-electron chi connectivity index (χ2n) is 9.42. The summed E-state index contributed by atoms with van der Waals surface area (Å²) in [6.45, 7) is 9.98. The van der Waals surface area contributed by atoms with Crippen LogP contribution >= 0.6 is 0 Å². The van der Waals surface area contributed by atoms with E-state index in [1.807, 2.05) is 6.07 Å². The van der Waals surface area contributed by atoms with Gasteiger partial charge in [0.15, 0.2) is 11.5 Å². The molecule has 1 amide bonds. The molecule has 2 aliphatic rings. The van der Waals surface area contributed by atoms with Crippen LogP contribution in [0.1, 0.15) is 62.2 Å². The molecule has 0 atom stereocenters. The van der Waals surface area contributed by atoms with E-state index < -0.39 is 0 Å². The summed E-state index contributed by atoms with van der Waals surface area (Å²) >= 11 is 0. The van der Waals surface area contributed by atoms with E-state index >= 15 is 0 Å². The van der Waals surface area contributed by atoms with Crippen molar-refractivity contribution in [3.05, 3.63) is 65.6 Å². The van der Waals surface area contributed by atoms with Gasteiger partial charge in [-0.25, -0.2) is 0 Å². The molecular weight excluding hydrogens is 376 g/mol. The Labute approximate surface area is 178 Å². The molecule has 158 valence electrons. The Kier molecular flexibility index (Phi) is 5.08. The van der Waals surface area contributed by atoms with Crippen LogP contribution in [-0.2, 0) is 10.2 Å². The molecule has 1 aromatic heterocycles. The molecule has 0 aliphatic carbocycles. The van der Waals surface area contributed by atoms with Crippen LogP contribution in [0.3, 0.4) is 0 Å². The van der Waals surface area contributed by atoms with Crippen LogP contribution in [0, 0.1) is 5.92 Å². The van der Waals surface area contributed by atoms with E-state index in [-0.39, 0.29) is 28.6 Å². The lowest BCUT2D eigenvalue weighted by Crippen LogP contribution is -2.56. The number of hydrogen-bond acceptors (Lipinski definition) is 4. The number of hydrogen-bond donors (Lipinski definition) is 1. The van der Waals surface area contributed by atoms with Gasteiger partial charge in [0.1, 0.15) is 0 Å². The summed E-state index contributed by atoms with van der Waals surface area (Å²) in [5.74, 6) is 0.323. The number of carbonyl (C=O) groups excluding carboxylic acids is 2. The number of ketones is 1. The molecular formula is C25H30N2O3. The molecule has 5 heteroatoms. The molecule has 4 rings (SSSR count). The van der Waals surface area contributed by atoms with Crippen molar-refractivity contribution >= 4 is 17.4 Å². The van der Waals surface area contributed by atoms with E-state index in [4.69, 9.17) is 4.42 Å². The van der Waals surface area contributed by atoms with Gasteiger partial charge in [0.2, 0.25) is 0 Å². The van der Waals surface area contributed by atoms with Gasteiger partial charge < -0.3 is 14.6 Å². The maximum Gasteiger partial charge on any atom is 0.289 e. The van der Waals surface area contributed by atoms with Crippen LogP contribution in [0.25, 0.3) is 5.70 Å². The summed E-state index contributed by atoms with van der Waals surface area (Å²) in [6.07, 6.45) is 4.63. The number of piperidine rings is 1. The van der Waals surface area contributed by atoms with E-state index in [0.29, 0.717) is 31.7 Å². The van der Waals surface area contributed by atoms with Crippen molar-refractivity contribution in [3.63, 3.8) is 0 Å². The van der Waals surface area contributed by atoms with E-state index in [1.165, 1.54) is 11.8 Å². The topological polar surface area (TPSA) is 62.6 Å². The molecule has 2 aliphatic heterocycles. The Morgan fingerprint density at radius 2 is 1.77 bits per heavy atom. The van der Waals surface area contributed by atoms with Crippen molar-refractivity contribution in [1.29, 1.82) is 0 Å². The monoisotopic (exact) mass is 406 g/mol. The summed E-state index contributed by atoms with van der Waals surface area (Å²) in [5, 5.41) is 3.62. The highest BCUT2D eigenvalue weighted by atomic mass is 16.3. The SMILES string of the molecule is CC1(C)N/C(=C/C(=O)C2CCN(C(=O)c3ccco3)CC2)c2ccccc2C1(C)C. The minimum absolute atomic E-state index is 0.0647. The second kappa shape index (κ2) is 7.46. The molecule has 1 aromatic carbocycles. The zero-order valence-electron chi connectivity index (χ0n) is 18.2. The minimum atomic E-state index is -0.188. The second-order valence-corrected chi connectivity index (χ2v) is 9.42. The van der Waals surface area contributed by atoms with E-state index in [1.54, 1.807) is 23.1 Å². The van der Waals surface area contributed by atoms with Gasteiger partial charge in [-0.15, -0.1) is 0 Å². The largest absolute Gasteiger partial charge is 0.459 e. The van der Waals surface area contributed by atoms with E-state index in [0.717, 1.165) is 11.3 Å². The molecule has 0 radical (unpaired) electrons. The van der Waals surface area contributed by atoms with Gasteiger partial charge in [0.05, 0.1) is 6.26 Å². The number of fused-ring (bicyclic) bond motifs is 1. The van der Waals surface area contributed by atoms with Crippen molar-refractivity contribution in [1.82, 2.24) is 10.2 Å². The van der Waals surface area contributed by atoms with Gasteiger partial charge in [-0.1, -0.05) is 38.1 Å². The number of amides is 1. The summed E-state index contributed by atoms with van der Waals surface area (Å²) in [6, 6.07) is 11.7. The van der Waals surface area contributed by atoms with Crippen molar-refractivity contribution < 1.29 is 14.0 Å². The van der Waals surface area contributed by atoms with Gasteiger partial charge in [-0.3, -0.25) is 9.59 Å². The first kappa shape index (κ1) is 20.5. The molecule has 0 bridgehead atoms. The third-order valence-electron chi connectivity index (χ3n) is 7.10. The molecule has 1 fully saturated rings. The average molecular weight is 407 g/mol. The first-order valence-electron chi connectivity index (χ1n) is 10.7. The maximum atomic E-state index is 13.1. The van der Waals surface area contributed by atoms with Crippen LogP contribution in [0.4, 0.5) is 0 Å². The quantitative estimate of drug-likeness (QED) is 0.768. The molecule has 3 heterocycles. The third-order valence-corrected chi connectivity index (χ3v) is 7.10. The lowest BCUT2D eigenvalue weighted by Gasteiger charge is -2.49. The highest BCUT2D eigenvalue weighted by molar-refractivity contribution is 5.99. The molecule has 2 aromatic rings. The normalized spacial score (nSPS) is 21.7. The number of rotatable bonds is 3. The fourth-order valence-corrected chi connectivity index (χ4v) is 4.46. The lowest BCUT2D eigenvalue weighted by molar-refractivity contribution is -0.119. The summed E-state index contributed by atoms with van der Waals surface area (Å²) in [7, 11) is 0. The van der Waals surface area contributed by atoms with Crippen LogP contribution in [0.5, 0.6) is 0 Å². The van der Waals surface area contributed by atoms with Gasteiger partial charge in [0.25, 0.3) is 5.91 Å². The summed E-state index contributed by atoms with van der Waals surface area (Å²) < 4.78 is 5.22. The van der Waals surface area contributed by atoms with Gasteiger partial charge in [-0.2, -0.15) is 0 Å². The Hall–Kier alpha value is -2.82. The molecule has 1 saturated heterocycles. The zero-order chi connectivity index (χ0) is 21.5. The Morgan fingerprint density at radius 3 is 2.43 bits per heavy atom. The number of benzene rings is 1. The van der Waals surface area contributed by atoms with Gasteiger partial charge in [-0.05, 0) is 44.4 Å².